The van der Waals surface area contributed by atoms with Crippen molar-refractivity contribution in [3.63, 3.8) is 0 Å². The van der Waals surface area contributed by atoms with Gasteiger partial charge in [0.2, 0.25) is 0 Å². The van der Waals surface area contributed by atoms with Crippen LogP contribution >= 0.6 is 7.71 Å². The van der Waals surface area contributed by atoms with Gasteiger partial charge in [-0.15, -0.1) is 0 Å². The van der Waals surface area contributed by atoms with Crippen molar-refractivity contribution in [2.45, 2.75) is 6.92 Å². The summed E-state index contributed by atoms with van der Waals surface area (Å²) in [6, 6.07) is 0. The van der Waals surface area contributed by atoms with Gasteiger partial charge in [-0.25, -0.2) is 9.97 Å². The van der Waals surface area contributed by atoms with Crippen LogP contribution in [0.15, 0.2) is 52.6 Å². The van der Waals surface area contributed by atoms with E-state index in [1.807, 2.05) is 20.0 Å². The Balaban J connectivity index is 3.09. The average Bonchev–Trinajstić information content (AvgIpc) is 2.35. The lowest BCUT2D eigenvalue weighted by Crippen LogP contribution is -2.00. The van der Waals surface area contributed by atoms with Crippen LogP contribution in [0.5, 0.6) is 0 Å². The van der Waals surface area contributed by atoms with Gasteiger partial charge in [0.15, 0.2) is 0 Å². The molecular weight excluding hydrogens is 219 g/mol. The van der Waals surface area contributed by atoms with Crippen LogP contribution in [0.3, 0.4) is 0 Å². The SMILES string of the molecule is C=C\N=C/C(=C\C)[PH](=N/C)/c1cncnc1. The van der Waals surface area contributed by atoms with Crippen LogP contribution in [0.25, 0.3) is 0 Å². The number of nitrogens with zero attached hydrogens (tertiary/aromatic N) is 4. The number of aromatic nitrogens is 2. The van der Waals surface area contributed by atoms with Crippen molar-refractivity contribution in [2.75, 3.05) is 7.05 Å². The highest BCUT2D eigenvalue weighted by atomic mass is 31.1. The minimum Gasteiger partial charge on any atom is -0.300 e. The van der Waals surface area contributed by atoms with Crippen LogP contribution in [-0.2, 0) is 0 Å². The van der Waals surface area contributed by atoms with Crippen LogP contribution in [-0.4, -0.2) is 23.2 Å². The molecule has 1 heterocycles. The fraction of sp³-hybridized carbons (Fsp3) is 0.182. The molecule has 1 unspecified atom stereocenters. The van der Waals surface area contributed by atoms with E-state index in [0.717, 1.165) is 10.6 Å². The van der Waals surface area contributed by atoms with Gasteiger partial charge in [0.05, 0.1) is 0 Å². The first-order valence-corrected chi connectivity index (χ1v) is 6.31. The summed E-state index contributed by atoms with van der Waals surface area (Å²) in [5.41, 5.74) is 0. The molecule has 0 aliphatic rings. The molecule has 0 spiro atoms. The van der Waals surface area contributed by atoms with E-state index in [4.69, 9.17) is 0 Å². The van der Waals surface area contributed by atoms with Crippen LogP contribution in [0.1, 0.15) is 6.92 Å². The van der Waals surface area contributed by atoms with E-state index >= 15 is 0 Å². The van der Waals surface area contributed by atoms with Crippen molar-refractivity contribution < 1.29 is 0 Å². The Hall–Kier alpha value is -1.54. The van der Waals surface area contributed by atoms with Crippen LogP contribution < -0.4 is 5.30 Å². The maximum atomic E-state index is 4.41. The lowest BCUT2D eigenvalue weighted by atomic mass is 10.5. The van der Waals surface area contributed by atoms with E-state index in [9.17, 15) is 0 Å². The van der Waals surface area contributed by atoms with E-state index in [1.165, 1.54) is 12.5 Å². The lowest BCUT2D eigenvalue weighted by Gasteiger charge is -2.06. The second kappa shape index (κ2) is 6.85. The Bertz CT molecular complexity index is 435. The van der Waals surface area contributed by atoms with Gasteiger partial charge in [0.25, 0.3) is 0 Å². The highest BCUT2D eigenvalue weighted by Gasteiger charge is 2.04. The topological polar surface area (TPSA) is 50.5 Å². The molecule has 1 aromatic rings. The first-order chi connectivity index (χ1) is 7.83. The summed E-state index contributed by atoms with van der Waals surface area (Å²) in [6.07, 6.45) is 10.5. The van der Waals surface area contributed by atoms with Gasteiger partial charge >= 0.3 is 0 Å². The van der Waals surface area contributed by atoms with Crippen molar-refractivity contribution in [1.82, 2.24) is 9.97 Å². The second-order valence-corrected chi connectivity index (χ2v) is 5.20. The summed E-state index contributed by atoms with van der Waals surface area (Å²) < 4.78 is 4.41. The normalized spacial score (nSPS) is 14.2. The predicted molar refractivity (Wildman–Crippen MR) is 70.8 cm³/mol. The van der Waals surface area contributed by atoms with Crippen molar-refractivity contribution in [3.05, 3.63) is 42.9 Å². The van der Waals surface area contributed by atoms with Crippen LogP contribution in [0, 0.1) is 0 Å². The minimum absolute atomic E-state index is 1.05. The van der Waals surface area contributed by atoms with Gasteiger partial charge in [-0.1, -0.05) is 12.7 Å². The predicted octanol–water partition coefficient (Wildman–Crippen LogP) is 2.25. The molecular formula is C11H15N4P. The van der Waals surface area contributed by atoms with Crippen molar-refractivity contribution in [3.8, 4) is 0 Å². The molecule has 0 radical (unpaired) electrons. The third-order valence-electron chi connectivity index (χ3n) is 1.96. The summed E-state index contributed by atoms with van der Waals surface area (Å²) in [5, 5.41) is 2.15. The highest BCUT2D eigenvalue weighted by molar-refractivity contribution is 7.61. The zero-order valence-corrected chi connectivity index (χ0v) is 10.5. The number of aliphatic imine (C=N–C) groups is 1. The Morgan fingerprint density at radius 2 is 2.12 bits per heavy atom. The number of hydrogen-bond acceptors (Lipinski definition) is 4. The first-order valence-electron chi connectivity index (χ1n) is 4.86. The van der Waals surface area contributed by atoms with Gasteiger partial charge in [-0.05, 0) is 6.92 Å². The molecule has 1 aromatic heterocycles. The molecule has 84 valence electrons. The molecule has 0 bridgehead atoms. The molecule has 0 saturated carbocycles. The molecule has 4 nitrogen and oxygen atoms in total. The highest BCUT2D eigenvalue weighted by Crippen LogP contribution is 2.32. The monoisotopic (exact) mass is 234 g/mol. The van der Waals surface area contributed by atoms with E-state index < -0.39 is 7.71 Å². The molecule has 5 heteroatoms. The molecule has 0 saturated heterocycles. The number of rotatable bonds is 4. The smallest absolute Gasteiger partial charge is 0.115 e. The fourth-order valence-corrected chi connectivity index (χ4v) is 2.97. The van der Waals surface area contributed by atoms with E-state index in [0.29, 0.717) is 0 Å². The minimum atomic E-state index is -1.16. The van der Waals surface area contributed by atoms with E-state index in [1.54, 1.807) is 18.6 Å². The second-order valence-electron chi connectivity index (χ2n) is 2.90. The molecule has 0 N–H and O–H groups in total. The largest absolute Gasteiger partial charge is 0.300 e. The molecule has 0 amide bonds. The summed E-state index contributed by atoms with van der Waals surface area (Å²) in [7, 11) is 0.653. The molecule has 0 aromatic carbocycles. The van der Waals surface area contributed by atoms with Crippen LogP contribution in [0.2, 0.25) is 0 Å². The summed E-state index contributed by atoms with van der Waals surface area (Å²) >= 11 is 0. The number of hydrogen-bond donors (Lipinski definition) is 0. The maximum absolute atomic E-state index is 4.41. The zero-order valence-electron chi connectivity index (χ0n) is 9.46. The molecule has 1 atom stereocenters. The summed E-state index contributed by atoms with van der Waals surface area (Å²) in [5.74, 6) is 0. The first kappa shape index (κ1) is 12.5. The summed E-state index contributed by atoms with van der Waals surface area (Å²) in [6.45, 7) is 5.53. The fourth-order valence-electron chi connectivity index (χ4n) is 1.25. The Morgan fingerprint density at radius 3 is 2.62 bits per heavy atom. The average molecular weight is 234 g/mol. The Labute approximate surface area is 96.3 Å². The molecule has 16 heavy (non-hydrogen) atoms. The van der Waals surface area contributed by atoms with Crippen molar-refractivity contribution in [2.24, 2.45) is 9.74 Å². The standard InChI is InChI=1S/C11H15N4P/c1-4-10(6-13-5-2)16(12-3)11-7-14-9-15-8-11/h4-9,16H,2H2,1,3H3/b10-4+,13-6-. The van der Waals surface area contributed by atoms with Gasteiger partial charge in [-0.2, -0.15) is 0 Å². The Kier molecular flexibility index (Phi) is 5.37. The Morgan fingerprint density at radius 1 is 1.44 bits per heavy atom. The van der Waals surface area contributed by atoms with E-state index in [-0.39, 0.29) is 0 Å². The third kappa shape index (κ3) is 3.24. The van der Waals surface area contributed by atoms with Crippen LogP contribution in [0.4, 0.5) is 0 Å². The zero-order chi connectivity index (χ0) is 11.8. The van der Waals surface area contributed by atoms with E-state index in [2.05, 4.69) is 26.3 Å². The molecule has 0 aliphatic heterocycles. The van der Waals surface area contributed by atoms with Gasteiger partial charge in [0.1, 0.15) is 6.33 Å². The molecule has 0 aliphatic carbocycles. The quantitative estimate of drug-likeness (QED) is 0.592. The third-order valence-corrected chi connectivity index (χ3v) is 4.18. The van der Waals surface area contributed by atoms with Crippen molar-refractivity contribution >= 4 is 19.2 Å². The number of allylic oxidation sites excluding steroid dienone is 2. The molecule has 1 rings (SSSR count). The van der Waals surface area contributed by atoms with Gasteiger partial charge < -0.3 is 4.74 Å². The van der Waals surface area contributed by atoms with Gasteiger partial charge in [0, 0.05) is 50.2 Å². The summed E-state index contributed by atoms with van der Waals surface area (Å²) in [4.78, 5) is 12.1. The molecule has 0 fully saturated rings. The maximum Gasteiger partial charge on any atom is 0.115 e. The van der Waals surface area contributed by atoms with Crippen molar-refractivity contribution in [1.29, 1.82) is 0 Å². The lowest BCUT2D eigenvalue weighted by molar-refractivity contribution is 1.19. The van der Waals surface area contributed by atoms with Gasteiger partial charge in [-0.3, -0.25) is 4.99 Å².